The highest BCUT2D eigenvalue weighted by Gasteiger charge is 2.32. The molecule has 0 spiro atoms. The number of carbonyl (C=O) groups excluding carboxylic acids is 1. The summed E-state index contributed by atoms with van der Waals surface area (Å²) in [4.78, 5) is 15.1. The van der Waals surface area contributed by atoms with Crippen LogP contribution in [0.4, 0.5) is 0 Å². The SMILES string of the molecule is Cc1nn(C)c(C)c1S(=O)(=O)N1CCCN(C(=O)c2ccc(-c3ccccc3)cc2)CC1. The van der Waals surface area contributed by atoms with E-state index < -0.39 is 10.0 Å². The lowest BCUT2D eigenvalue weighted by Gasteiger charge is -2.22. The average Bonchev–Trinajstić information content (AvgIpc) is 2.96. The molecule has 3 aromatic rings. The molecule has 0 aliphatic carbocycles. The highest BCUT2D eigenvalue weighted by molar-refractivity contribution is 7.89. The summed E-state index contributed by atoms with van der Waals surface area (Å²) in [6.07, 6.45) is 0.589. The fraction of sp³-hybridized carbons (Fsp3) is 0.333. The quantitative estimate of drug-likeness (QED) is 0.609. The fourth-order valence-corrected chi connectivity index (χ4v) is 6.08. The molecule has 2 aromatic carbocycles. The van der Waals surface area contributed by atoms with Crippen LogP contribution in [0, 0.1) is 13.8 Å². The van der Waals surface area contributed by atoms with Gasteiger partial charge in [-0.2, -0.15) is 9.40 Å². The van der Waals surface area contributed by atoms with Crippen molar-refractivity contribution >= 4 is 15.9 Å². The maximum absolute atomic E-state index is 13.3. The lowest BCUT2D eigenvalue weighted by Crippen LogP contribution is -2.37. The Morgan fingerprint density at radius 1 is 0.875 bits per heavy atom. The van der Waals surface area contributed by atoms with Crippen molar-refractivity contribution in [1.82, 2.24) is 19.0 Å². The van der Waals surface area contributed by atoms with Gasteiger partial charge in [-0.05, 0) is 43.5 Å². The molecule has 0 saturated carbocycles. The highest BCUT2D eigenvalue weighted by atomic mass is 32.2. The number of sulfonamides is 1. The number of rotatable bonds is 4. The van der Waals surface area contributed by atoms with Crippen LogP contribution in [-0.4, -0.2) is 59.5 Å². The van der Waals surface area contributed by atoms with Crippen LogP contribution in [0.2, 0.25) is 0 Å². The summed E-state index contributed by atoms with van der Waals surface area (Å²) in [5, 5.41) is 4.25. The molecule has 0 bridgehead atoms. The summed E-state index contributed by atoms with van der Waals surface area (Å²) < 4.78 is 29.6. The number of benzene rings is 2. The van der Waals surface area contributed by atoms with Gasteiger partial charge in [-0.3, -0.25) is 9.48 Å². The van der Waals surface area contributed by atoms with Crippen LogP contribution in [0.25, 0.3) is 11.1 Å². The summed E-state index contributed by atoms with van der Waals surface area (Å²) >= 11 is 0. The van der Waals surface area contributed by atoms with Gasteiger partial charge in [0.15, 0.2) is 0 Å². The Bertz CT molecular complexity index is 1220. The summed E-state index contributed by atoms with van der Waals surface area (Å²) in [5.41, 5.74) is 3.89. The molecule has 1 aliphatic rings. The van der Waals surface area contributed by atoms with E-state index in [1.165, 1.54) is 4.31 Å². The molecule has 0 unspecified atom stereocenters. The number of nitrogens with zero attached hydrogens (tertiary/aromatic N) is 4. The van der Waals surface area contributed by atoms with Crippen LogP contribution in [-0.2, 0) is 17.1 Å². The van der Waals surface area contributed by atoms with E-state index in [9.17, 15) is 13.2 Å². The summed E-state index contributed by atoms with van der Waals surface area (Å²) in [6, 6.07) is 17.6. The van der Waals surface area contributed by atoms with Crippen molar-refractivity contribution in [2.24, 2.45) is 7.05 Å². The van der Waals surface area contributed by atoms with E-state index in [4.69, 9.17) is 0 Å². The predicted octanol–water partition coefficient (Wildman–Crippen LogP) is 3.24. The van der Waals surface area contributed by atoms with E-state index in [2.05, 4.69) is 5.10 Å². The van der Waals surface area contributed by atoms with Gasteiger partial charge in [0.1, 0.15) is 4.90 Å². The van der Waals surface area contributed by atoms with E-state index in [1.807, 2.05) is 54.6 Å². The molecule has 7 nitrogen and oxygen atoms in total. The summed E-state index contributed by atoms with van der Waals surface area (Å²) in [6.45, 7) is 5.01. The number of hydrogen-bond acceptors (Lipinski definition) is 4. The molecule has 4 rings (SSSR count). The van der Waals surface area contributed by atoms with Crippen LogP contribution in [0.1, 0.15) is 28.2 Å². The van der Waals surface area contributed by atoms with Gasteiger partial charge in [-0.25, -0.2) is 8.42 Å². The third kappa shape index (κ3) is 4.20. The zero-order valence-electron chi connectivity index (χ0n) is 18.7. The molecule has 8 heteroatoms. The van der Waals surface area contributed by atoms with Gasteiger partial charge in [0.2, 0.25) is 10.0 Å². The summed E-state index contributed by atoms with van der Waals surface area (Å²) in [5.74, 6) is -0.0717. The number of aromatic nitrogens is 2. The zero-order chi connectivity index (χ0) is 22.9. The largest absolute Gasteiger partial charge is 0.337 e. The summed E-state index contributed by atoms with van der Waals surface area (Å²) in [7, 11) is -1.92. The molecule has 1 saturated heterocycles. The monoisotopic (exact) mass is 452 g/mol. The van der Waals surface area contributed by atoms with Gasteiger partial charge in [0.05, 0.1) is 11.4 Å². The van der Waals surface area contributed by atoms with Crippen LogP contribution in [0.5, 0.6) is 0 Å². The Morgan fingerprint density at radius 2 is 1.53 bits per heavy atom. The van der Waals surface area contributed by atoms with Crippen LogP contribution >= 0.6 is 0 Å². The highest BCUT2D eigenvalue weighted by Crippen LogP contribution is 2.25. The maximum Gasteiger partial charge on any atom is 0.253 e. The van der Waals surface area contributed by atoms with Gasteiger partial charge in [0, 0.05) is 38.8 Å². The van der Waals surface area contributed by atoms with Crippen LogP contribution in [0.15, 0.2) is 59.5 Å². The molecule has 1 amide bonds. The lowest BCUT2D eigenvalue weighted by molar-refractivity contribution is 0.0764. The molecular formula is C24H28N4O3S. The second-order valence-corrected chi connectivity index (χ2v) is 9.99. The molecule has 1 fully saturated rings. The maximum atomic E-state index is 13.3. The first kappa shape index (κ1) is 22.2. The molecular weight excluding hydrogens is 424 g/mol. The molecule has 32 heavy (non-hydrogen) atoms. The molecule has 168 valence electrons. The second-order valence-electron chi connectivity index (χ2n) is 8.12. The van der Waals surface area contributed by atoms with Gasteiger partial charge in [-0.15, -0.1) is 0 Å². The Morgan fingerprint density at radius 3 is 2.16 bits per heavy atom. The molecule has 0 atom stereocenters. The van der Waals surface area contributed by atoms with Gasteiger partial charge < -0.3 is 4.90 Å². The van der Waals surface area contributed by atoms with E-state index in [0.29, 0.717) is 43.0 Å². The van der Waals surface area contributed by atoms with Crippen LogP contribution < -0.4 is 0 Å². The number of carbonyl (C=O) groups is 1. The fourth-order valence-electron chi connectivity index (χ4n) is 4.21. The van der Waals surface area contributed by atoms with Gasteiger partial charge in [0.25, 0.3) is 5.91 Å². The minimum Gasteiger partial charge on any atom is -0.337 e. The minimum atomic E-state index is -3.66. The number of hydrogen-bond donors (Lipinski definition) is 0. The molecule has 0 N–H and O–H groups in total. The van der Waals surface area contributed by atoms with Crippen molar-refractivity contribution in [2.45, 2.75) is 25.2 Å². The smallest absolute Gasteiger partial charge is 0.253 e. The molecule has 0 radical (unpaired) electrons. The Hall–Kier alpha value is -2.97. The minimum absolute atomic E-state index is 0.0717. The van der Waals surface area contributed by atoms with Crippen molar-refractivity contribution in [1.29, 1.82) is 0 Å². The average molecular weight is 453 g/mol. The Kier molecular flexibility index (Phi) is 6.17. The molecule has 2 heterocycles. The van der Waals surface area contributed by atoms with Crippen molar-refractivity contribution in [3.63, 3.8) is 0 Å². The second kappa shape index (κ2) is 8.88. The van der Waals surface area contributed by atoms with E-state index in [-0.39, 0.29) is 17.3 Å². The van der Waals surface area contributed by atoms with E-state index >= 15 is 0 Å². The van der Waals surface area contributed by atoms with E-state index in [0.717, 1.165) is 11.1 Å². The van der Waals surface area contributed by atoms with Crippen molar-refractivity contribution in [3.8, 4) is 11.1 Å². The first-order valence-corrected chi connectivity index (χ1v) is 12.2. The normalized spacial score (nSPS) is 15.5. The molecule has 1 aliphatic heterocycles. The van der Waals surface area contributed by atoms with Crippen molar-refractivity contribution < 1.29 is 13.2 Å². The lowest BCUT2D eigenvalue weighted by atomic mass is 10.0. The van der Waals surface area contributed by atoms with E-state index in [1.54, 1.807) is 30.5 Å². The number of amides is 1. The Labute approximate surface area is 189 Å². The third-order valence-corrected chi connectivity index (χ3v) is 8.17. The first-order valence-electron chi connectivity index (χ1n) is 10.7. The number of aryl methyl sites for hydroxylation is 2. The standard InChI is InChI=1S/C24H28N4O3S/c1-18-23(19(2)26(3)25-18)32(30,31)28-15-7-14-27(16-17-28)24(29)22-12-10-21(11-13-22)20-8-5-4-6-9-20/h4-6,8-13H,7,14-17H2,1-3H3. The zero-order valence-corrected chi connectivity index (χ0v) is 19.5. The topological polar surface area (TPSA) is 75.5 Å². The first-order chi connectivity index (χ1) is 15.3. The van der Waals surface area contributed by atoms with Gasteiger partial charge in [-0.1, -0.05) is 42.5 Å². The van der Waals surface area contributed by atoms with Crippen molar-refractivity contribution in [2.75, 3.05) is 26.2 Å². The van der Waals surface area contributed by atoms with Gasteiger partial charge >= 0.3 is 0 Å². The predicted molar refractivity (Wildman–Crippen MR) is 124 cm³/mol. The Balaban J connectivity index is 1.48. The molecule has 1 aromatic heterocycles. The van der Waals surface area contributed by atoms with Crippen molar-refractivity contribution in [3.05, 3.63) is 71.5 Å². The third-order valence-electron chi connectivity index (χ3n) is 6.02. The van der Waals surface area contributed by atoms with Crippen LogP contribution in [0.3, 0.4) is 0 Å².